The molecule has 3 aliphatic rings. The minimum absolute atomic E-state index is 0.112. The van der Waals surface area contributed by atoms with Crippen LogP contribution in [0.1, 0.15) is 80.1 Å². The van der Waals surface area contributed by atoms with Gasteiger partial charge in [-0.1, -0.05) is 13.3 Å². The minimum Gasteiger partial charge on any atom is -0.465 e. The molecule has 12 heteroatoms. The number of methoxy groups -OCH3 is 1. The molecule has 0 spiro atoms. The highest BCUT2D eigenvalue weighted by Crippen LogP contribution is 2.47. The van der Waals surface area contributed by atoms with Gasteiger partial charge in [0.15, 0.2) is 18.0 Å². The lowest BCUT2D eigenvalue weighted by Crippen LogP contribution is -2.69. The first kappa shape index (κ1) is 33.7. The molecule has 0 aliphatic carbocycles. The lowest BCUT2D eigenvalue weighted by atomic mass is 9.84. The van der Waals surface area contributed by atoms with Crippen molar-refractivity contribution in [2.24, 2.45) is 5.41 Å². The fraction of sp³-hybridized carbons (Fsp3) is 0.897. The molecule has 3 saturated heterocycles. The molecule has 1 N–H and O–H groups in total. The maximum Gasteiger partial charge on any atom is 0.311 e. The summed E-state index contributed by atoms with van der Waals surface area (Å²) in [6.45, 7) is 10.5. The van der Waals surface area contributed by atoms with Gasteiger partial charge >= 0.3 is 17.9 Å². The summed E-state index contributed by atoms with van der Waals surface area (Å²) in [6.07, 6.45) is -2.38. The van der Waals surface area contributed by atoms with Gasteiger partial charge in [-0.05, 0) is 33.6 Å². The molecule has 41 heavy (non-hydrogen) atoms. The van der Waals surface area contributed by atoms with Crippen molar-refractivity contribution in [2.45, 2.75) is 135 Å². The molecule has 0 bridgehead atoms. The van der Waals surface area contributed by atoms with Gasteiger partial charge in [-0.15, -0.1) is 0 Å². The molecule has 236 valence electrons. The van der Waals surface area contributed by atoms with E-state index >= 15 is 0 Å². The van der Waals surface area contributed by atoms with E-state index in [2.05, 4.69) is 6.92 Å². The molecule has 0 aromatic carbocycles. The molecular formula is C29H48O12. The average Bonchev–Trinajstić information content (AvgIpc) is 3.23. The summed E-state index contributed by atoms with van der Waals surface area (Å²) in [7, 11) is 1.52. The van der Waals surface area contributed by atoms with E-state index in [1.165, 1.54) is 21.0 Å². The van der Waals surface area contributed by atoms with Crippen LogP contribution >= 0.6 is 0 Å². The van der Waals surface area contributed by atoms with E-state index in [-0.39, 0.29) is 31.7 Å². The van der Waals surface area contributed by atoms with Crippen molar-refractivity contribution < 1.29 is 57.4 Å². The Hall–Kier alpha value is -1.83. The third-order valence-electron chi connectivity index (χ3n) is 7.62. The lowest BCUT2D eigenvalue weighted by Gasteiger charge is -2.53. The third-order valence-corrected chi connectivity index (χ3v) is 7.62. The van der Waals surface area contributed by atoms with E-state index in [1.54, 1.807) is 20.8 Å². The summed E-state index contributed by atoms with van der Waals surface area (Å²) < 4.78 is 47.9. The van der Waals surface area contributed by atoms with E-state index in [1.807, 2.05) is 0 Å². The predicted octanol–water partition coefficient (Wildman–Crippen LogP) is 2.45. The maximum atomic E-state index is 12.3. The molecule has 0 radical (unpaired) electrons. The normalized spacial score (nSPS) is 33.8. The molecule has 0 saturated carbocycles. The summed E-state index contributed by atoms with van der Waals surface area (Å²) in [5.41, 5.74) is -0.608. The second-order valence-electron chi connectivity index (χ2n) is 12.1. The van der Waals surface area contributed by atoms with Crippen LogP contribution in [0.4, 0.5) is 0 Å². The molecule has 12 nitrogen and oxygen atoms in total. The number of unbranched alkanes of at least 4 members (excludes halogenated alkanes) is 1. The maximum absolute atomic E-state index is 12.3. The summed E-state index contributed by atoms with van der Waals surface area (Å²) in [5, 5.41) is 10.6. The van der Waals surface area contributed by atoms with Crippen LogP contribution in [0.3, 0.4) is 0 Å². The highest BCUT2D eigenvalue weighted by Gasteiger charge is 2.65. The van der Waals surface area contributed by atoms with Crippen molar-refractivity contribution >= 4 is 17.9 Å². The molecule has 0 amide bonds. The van der Waals surface area contributed by atoms with Gasteiger partial charge in [0.25, 0.3) is 0 Å². The molecule has 3 heterocycles. The predicted molar refractivity (Wildman–Crippen MR) is 144 cm³/mol. The second-order valence-corrected chi connectivity index (χ2v) is 12.1. The van der Waals surface area contributed by atoms with Gasteiger partial charge in [0, 0.05) is 46.8 Å². The van der Waals surface area contributed by atoms with E-state index < -0.39 is 65.9 Å². The monoisotopic (exact) mass is 588 g/mol. The van der Waals surface area contributed by atoms with Gasteiger partial charge in [0.2, 0.25) is 0 Å². The van der Waals surface area contributed by atoms with Crippen LogP contribution in [0.15, 0.2) is 0 Å². The molecule has 0 aromatic rings. The first-order valence-electron chi connectivity index (χ1n) is 14.6. The minimum atomic E-state index is -1.24. The van der Waals surface area contributed by atoms with Gasteiger partial charge in [-0.25, -0.2) is 0 Å². The van der Waals surface area contributed by atoms with E-state index in [4.69, 9.17) is 37.9 Å². The zero-order valence-corrected chi connectivity index (χ0v) is 25.4. The Morgan fingerprint density at radius 1 is 1.02 bits per heavy atom. The van der Waals surface area contributed by atoms with Crippen LogP contribution in [0.2, 0.25) is 0 Å². The van der Waals surface area contributed by atoms with Crippen molar-refractivity contribution in [1.82, 2.24) is 0 Å². The fourth-order valence-electron chi connectivity index (χ4n) is 5.50. The van der Waals surface area contributed by atoms with Crippen LogP contribution in [-0.4, -0.2) is 105 Å². The fourth-order valence-corrected chi connectivity index (χ4v) is 5.50. The summed E-state index contributed by atoms with van der Waals surface area (Å²) >= 11 is 0. The molecule has 0 aromatic heterocycles. The Bertz CT molecular complexity index is 888. The Morgan fingerprint density at radius 2 is 1.76 bits per heavy atom. The number of ether oxygens (including phenoxy) is 8. The first-order chi connectivity index (χ1) is 19.3. The van der Waals surface area contributed by atoms with Crippen molar-refractivity contribution in [2.75, 3.05) is 26.9 Å². The number of esters is 3. The van der Waals surface area contributed by atoms with Crippen LogP contribution in [0.5, 0.6) is 0 Å². The lowest BCUT2D eigenvalue weighted by molar-refractivity contribution is -0.383. The van der Waals surface area contributed by atoms with Gasteiger partial charge in [-0.3, -0.25) is 14.4 Å². The SMILES string of the molecule is CCCCO[C@@H]1[C@@H]2OC3(OC)CC[C@H](CCOC(=O)C(C)(C)C)O[C@@H]3[C@@H](OC(C)=O)[C@@H]2O[C@@H]1C[C@@H](O)COC(C)=O. The molecular weight excluding hydrogens is 540 g/mol. The number of hydrogen-bond donors (Lipinski definition) is 1. The average molecular weight is 589 g/mol. The Labute approximate surface area is 242 Å². The van der Waals surface area contributed by atoms with Crippen molar-refractivity contribution in [3.05, 3.63) is 0 Å². The number of aliphatic hydroxyl groups is 1. The van der Waals surface area contributed by atoms with Crippen LogP contribution < -0.4 is 0 Å². The molecule has 3 aliphatic heterocycles. The zero-order valence-electron chi connectivity index (χ0n) is 25.4. The zero-order chi connectivity index (χ0) is 30.4. The first-order valence-corrected chi connectivity index (χ1v) is 14.6. The summed E-state index contributed by atoms with van der Waals surface area (Å²) in [5.74, 6) is -2.54. The van der Waals surface area contributed by atoms with Crippen LogP contribution in [-0.2, 0) is 52.3 Å². The largest absolute Gasteiger partial charge is 0.465 e. The van der Waals surface area contributed by atoms with E-state index in [9.17, 15) is 19.5 Å². The second kappa shape index (κ2) is 14.6. The summed E-state index contributed by atoms with van der Waals surface area (Å²) in [4.78, 5) is 35.8. The Balaban J connectivity index is 1.81. The van der Waals surface area contributed by atoms with Gasteiger partial charge < -0.3 is 43.0 Å². The highest BCUT2D eigenvalue weighted by molar-refractivity contribution is 5.75. The molecule has 1 unspecified atom stereocenters. The van der Waals surface area contributed by atoms with Gasteiger partial charge in [0.05, 0.1) is 30.3 Å². The van der Waals surface area contributed by atoms with Crippen LogP contribution in [0, 0.1) is 5.41 Å². The standard InChI is InChI=1S/C29H48O12/c1-8-9-13-35-22-21(15-19(32)16-37-17(2)30)40-23-24(22)41-29(34-7)12-10-20(11-14-36-27(33)28(4,5)6)39-26(29)25(23)38-18(3)31/h19-26,32H,8-16H2,1-7H3/t19-,20-,21-,22+,23-,24+,25+,26-,29?/m1/s1. The highest BCUT2D eigenvalue weighted by atomic mass is 16.8. The number of fused-ring (bicyclic) bond motifs is 2. The smallest absolute Gasteiger partial charge is 0.311 e. The molecule has 3 rings (SSSR count). The number of aliphatic hydroxyl groups excluding tert-OH is 1. The Morgan fingerprint density at radius 3 is 2.37 bits per heavy atom. The molecule has 3 fully saturated rings. The van der Waals surface area contributed by atoms with Crippen molar-refractivity contribution in [3.63, 3.8) is 0 Å². The summed E-state index contributed by atoms with van der Waals surface area (Å²) in [6, 6.07) is 0. The van der Waals surface area contributed by atoms with Crippen molar-refractivity contribution in [1.29, 1.82) is 0 Å². The third kappa shape index (κ3) is 8.61. The van der Waals surface area contributed by atoms with Gasteiger partial charge in [-0.2, -0.15) is 0 Å². The molecule has 9 atom stereocenters. The Kier molecular flexibility index (Phi) is 12.0. The number of hydrogen-bond acceptors (Lipinski definition) is 12. The van der Waals surface area contributed by atoms with Crippen molar-refractivity contribution in [3.8, 4) is 0 Å². The quantitative estimate of drug-likeness (QED) is 0.192. The number of rotatable bonds is 13. The number of carbonyl (C=O) groups excluding carboxylic acids is 3. The topological polar surface area (TPSA) is 145 Å². The number of carbonyl (C=O) groups is 3. The van der Waals surface area contributed by atoms with E-state index in [0.717, 1.165) is 12.8 Å². The van der Waals surface area contributed by atoms with E-state index in [0.29, 0.717) is 25.9 Å². The van der Waals surface area contributed by atoms with Crippen LogP contribution in [0.25, 0.3) is 0 Å². The van der Waals surface area contributed by atoms with Gasteiger partial charge in [0.1, 0.15) is 24.9 Å².